The molecule has 0 saturated heterocycles. The molecule has 0 aliphatic carbocycles. The van der Waals surface area contributed by atoms with E-state index in [0.717, 1.165) is 11.3 Å². The quantitative estimate of drug-likeness (QED) is 0.629. The summed E-state index contributed by atoms with van der Waals surface area (Å²) in [5, 5.41) is 0. The molecule has 0 unspecified atom stereocenters. The molecule has 0 aliphatic rings. The molecule has 0 aromatic heterocycles. The van der Waals surface area contributed by atoms with Crippen molar-refractivity contribution in [3.63, 3.8) is 0 Å². The van der Waals surface area contributed by atoms with Gasteiger partial charge in [0.2, 0.25) is 0 Å². The lowest BCUT2D eigenvalue weighted by molar-refractivity contribution is -0.108. The molecule has 0 bridgehead atoms. The van der Waals surface area contributed by atoms with Crippen LogP contribution in [-0.4, -0.2) is 10.9 Å². The van der Waals surface area contributed by atoms with E-state index in [4.69, 9.17) is 4.74 Å². The van der Waals surface area contributed by atoms with Crippen LogP contribution in [0.5, 0.6) is 5.75 Å². The maximum atomic E-state index is 11.1. The predicted molar refractivity (Wildman–Crippen MR) is 69.8 cm³/mol. The Kier molecular flexibility index (Phi) is 4.57. The molecule has 0 aliphatic heterocycles. The van der Waals surface area contributed by atoms with Gasteiger partial charge in [-0.25, -0.2) is 0 Å². The van der Waals surface area contributed by atoms with Crippen molar-refractivity contribution in [2.45, 2.75) is 26.2 Å². The van der Waals surface area contributed by atoms with Crippen LogP contribution in [-0.2, 0) is 11.2 Å². The fourth-order valence-electron chi connectivity index (χ4n) is 1.45. The number of halogens is 1. The number of ether oxygens (including phenoxy) is 1. The Balaban J connectivity index is 3.07. The number of hydrogen-bond donors (Lipinski definition) is 0. The molecule has 0 amide bonds. The second-order valence-corrected chi connectivity index (χ2v) is 4.96. The first-order chi connectivity index (χ1) is 7.04. The van der Waals surface area contributed by atoms with Crippen molar-refractivity contribution >= 4 is 26.4 Å². The van der Waals surface area contributed by atoms with Gasteiger partial charge >= 0.3 is 0 Å². The average molecular weight is 318 g/mol. The zero-order valence-electron chi connectivity index (χ0n) is 9.21. The van der Waals surface area contributed by atoms with Gasteiger partial charge in [-0.15, -0.1) is 0 Å². The molecular formula is C12H15IO2. The van der Waals surface area contributed by atoms with Crippen LogP contribution in [0.15, 0.2) is 18.2 Å². The van der Waals surface area contributed by atoms with E-state index in [1.165, 1.54) is 5.56 Å². The van der Waals surface area contributed by atoms with Crippen LogP contribution in [0.3, 0.4) is 0 Å². The van der Waals surface area contributed by atoms with Crippen molar-refractivity contribution in [1.82, 2.24) is 0 Å². The molecule has 3 heteroatoms. The number of benzene rings is 1. The van der Waals surface area contributed by atoms with Crippen molar-refractivity contribution in [3.05, 3.63) is 29.3 Å². The molecule has 1 rings (SSSR count). The van der Waals surface area contributed by atoms with E-state index in [9.17, 15) is 4.79 Å². The largest absolute Gasteiger partial charge is 0.496 e. The molecule has 15 heavy (non-hydrogen) atoms. The van der Waals surface area contributed by atoms with Crippen LogP contribution >= 0.6 is 22.6 Å². The molecule has 0 radical (unpaired) electrons. The normalized spacial score (nSPS) is 10.5. The number of methoxy groups -OCH3 is 1. The first-order valence-corrected chi connectivity index (χ1v) is 5.97. The zero-order valence-corrected chi connectivity index (χ0v) is 11.4. The Morgan fingerprint density at radius 2 is 2.13 bits per heavy atom. The minimum atomic E-state index is 0.131. The van der Waals surface area contributed by atoms with Gasteiger partial charge in [-0.2, -0.15) is 0 Å². The lowest BCUT2D eigenvalue weighted by Gasteiger charge is -2.11. The molecular weight excluding hydrogens is 303 g/mol. The first kappa shape index (κ1) is 12.5. The van der Waals surface area contributed by atoms with Gasteiger partial charge in [-0.3, -0.25) is 4.79 Å². The number of carbonyl (C=O) groups is 1. The summed E-state index contributed by atoms with van der Waals surface area (Å²) in [6.07, 6.45) is 0.435. The van der Waals surface area contributed by atoms with E-state index in [-0.39, 0.29) is 3.79 Å². The van der Waals surface area contributed by atoms with Crippen molar-refractivity contribution in [2.24, 2.45) is 0 Å². The molecule has 0 atom stereocenters. The minimum Gasteiger partial charge on any atom is -0.496 e. The van der Waals surface area contributed by atoms with Crippen LogP contribution in [0.4, 0.5) is 0 Å². The highest BCUT2D eigenvalue weighted by Crippen LogP contribution is 2.25. The van der Waals surface area contributed by atoms with Crippen LogP contribution in [0.1, 0.15) is 30.9 Å². The minimum absolute atomic E-state index is 0.131. The predicted octanol–water partition coefficient (Wildman–Crippen LogP) is 3.32. The lowest BCUT2D eigenvalue weighted by Crippen LogP contribution is -1.99. The second kappa shape index (κ2) is 5.49. The molecule has 0 fully saturated rings. The Morgan fingerprint density at radius 1 is 1.47 bits per heavy atom. The van der Waals surface area contributed by atoms with Crippen molar-refractivity contribution < 1.29 is 9.53 Å². The fraction of sp³-hybridized carbons (Fsp3) is 0.417. The molecule has 1 aromatic carbocycles. The van der Waals surface area contributed by atoms with Crippen molar-refractivity contribution in [1.29, 1.82) is 0 Å². The Bertz CT molecular complexity index is 359. The van der Waals surface area contributed by atoms with Crippen LogP contribution in [0.2, 0.25) is 0 Å². The molecule has 82 valence electrons. The highest BCUT2D eigenvalue weighted by molar-refractivity contribution is 14.1. The topological polar surface area (TPSA) is 26.3 Å². The number of rotatable bonds is 4. The lowest BCUT2D eigenvalue weighted by atomic mass is 9.99. The smallest absolute Gasteiger partial charge is 0.196 e. The van der Waals surface area contributed by atoms with E-state index in [1.54, 1.807) is 7.11 Å². The Labute approximate surface area is 104 Å². The van der Waals surface area contributed by atoms with Crippen LogP contribution in [0.25, 0.3) is 0 Å². The van der Waals surface area contributed by atoms with Crippen LogP contribution < -0.4 is 4.74 Å². The highest BCUT2D eigenvalue weighted by atomic mass is 127. The summed E-state index contributed by atoms with van der Waals surface area (Å²) in [4.78, 5) is 11.1. The van der Waals surface area contributed by atoms with E-state index < -0.39 is 0 Å². The Hall–Kier alpha value is -0.580. The molecule has 0 heterocycles. The first-order valence-electron chi connectivity index (χ1n) is 4.89. The van der Waals surface area contributed by atoms with Gasteiger partial charge in [0.25, 0.3) is 0 Å². The SMILES string of the molecule is COc1ccc(C(C)C)cc1CC(=O)I. The summed E-state index contributed by atoms with van der Waals surface area (Å²) in [5.41, 5.74) is 2.21. The fourth-order valence-corrected chi connectivity index (χ4v) is 1.86. The van der Waals surface area contributed by atoms with Gasteiger partial charge in [0, 0.05) is 12.0 Å². The zero-order chi connectivity index (χ0) is 11.4. The molecule has 0 saturated carbocycles. The van der Waals surface area contributed by atoms with Gasteiger partial charge in [-0.05, 0) is 40.1 Å². The van der Waals surface area contributed by atoms with Gasteiger partial charge in [0.15, 0.2) is 3.79 Å². The summed E-state index contributed by atoms with van der Waals surface area (Å²) in [6.45, 7) is 4.27. The van der Waals surface area contributed by atoms with Gasteiger partial charge in [0.05, 0.1) is 7.11 Å². The third-order valence-electron chi connectivity index (χ3n) is 2.30. The summed E-state index contributed by atoms with van der Waals surface area (Å²) in [7, 11) is 1.63. The molecule has 0 spiro atoms. The monoisotopic (exact) mass is 318 g/mol. The standard InChI is InChI=1S/C12H15IO2/c1-8(2)9-4-5-11(15-3)10(6-9)7-12(13)14/h4-6,8H,7H2,1-3H3. The average Bonchev–Trinajstić information content (AvgIpc) is 2.16. The van der Waals surface area contributed by atoms with E-state index in [1.807, 2.05) is 34.7 Å². The van der Waals surface area contributed by atoms with E-state index in [2.05, 4.69) is 19.9 Å². The molecule has 0 N–H and O–H groups in total. The van der Waals surface area contributed by atoms with Gasteiger partial charge < -0.3 is 4.74 Å². The van der Waals surface area contributed by atoms with Crippen molar-refractivity contribution in [2.75, 3.05) is 7.11 Å². The second-order valence-electron chi connectivity index (χ2n) is 3.76. The third-order valence-corrected chi connectivity index (χ3v) is 2.68. The van der Waals surface area contributed by atoms with Crippen LogP contribution in [0, 0.1) is 0 Å². The van der Waals surface area contributed by atoms with Gasteiger partial charge in [-0.1, -0.05) is 26.0 Å². The van der Waals surface area contributed by atoms with Crippen molar-refractivity contribution in [3.8, 4) is 5.75 Å². The van der Waals surface area contributed by atoms with Gasteiger partial charge in [0.1, 0.15) is 5.75 Å². The highest BCUT2D eigenvalue weighted by Gasteiger charge is 2.09. The summed E-state index contributed by atoms with van der Waals surface area (Å²) in [5.74, 6) is 1.27. The summed E-state index contributed by atoms with van der Waals surface area (Å²) < 4.78 is 5.36. The number of carbonyl (C=O) groups excluding carboxylic acids is 1. The molecule has 1 aromatic rings. The number of hydrogen-bond acceptors (Lipinski definition) is 2. The maximum Gasteiger partial charge on any atom is 0.196 e. The summed E-state index contributed by atoms with van der Waals surface area (Å²) in [6, 6.07) is 6.04. The molecule has 2 nitrogen and oxygen atoms in total. The van der Waals surface area contributed by atoms with E-state index >= 15 is 0 Å². The maximum absolute atomic E-state index is 11.1. The Morgan fingerprint density at radius 3 is 2.60 bits per heavy atom. The van der Waals surface area contributed by atoms with E-state index in [0.29, 0.717) is 12.3 Å². The summed E-state index contributed by atoms with van der Waals surface area (Å²) >= 11 is 1.81. The third kappa shape index (κ3) is 3.48.